The van der Waals surface area contributed by atoms with Gasteiger partial charge in [0, 0.05) is 22.8 Å². The predicted molar refractivity (Wildman–Crippen MR) is 91.0 cm³/mol. The molecule has 1 saturated carbocycles. The number of aromatic nitrogens is 1. The Hall–Kier alpha value is -1.30. The van der Waals surface area contributed by atoms with Crippen LogP contribution >= 0.6 is 15.9 Å². The van der Waals surface area contributed by atoms with Gasteiger partial charge in [-0.3, -0.25) is 0 Å². The molecule has 0 unspecified atom stereocenters. The highest BCUT2D eigenvalue weighted by Crippen LogP contribution is 2.22. The zero-order valence-electron chi connectivity index (χ0n) is 13.4. The molecular weight excluding hydrogens is 346 g/mol. The van der Waals surface area contributed by atoms with Crippen LogP contribution in [-0.4, -0.2) is 28.8 Å². The summed E-state index contributed by atoms with van der Waals surface area (Å²) in [5, 5.41) is 6.40. The largest absolute Gasteiger partial charge is 0.444 e. The van der Waals surface area contributed by atoms with Crippen LogP contribution in [0, 0.1) is 0 Å². The van der Waals surface area contributed by atoms with Crippen molar-refractivity contribution in [1.29, 1.82) is 0 Å². The molecule has 1 aromatic rings. The van der Waals surface area contributed by atoms with Gasteiger partial charge in [0.2, 0.25) is 0 Å². The number of pyridine rings is 1. The Kier molecular flexibility index (Phi) is 5.67. The fourth-order valence-electron chi connectivity index (χ4n) is 2.53. The average molecular weight is 370 g/mol. The molecule has 1 aliphatic carbocycles. The normalized spacial score (nSPS) is 22.0. The van der Waals surface area contributed by atoms with Gasteiger partial charge >= 0.3 is 6.09 Å². The molecule has 122 valence electrons. The van der Waals surface area contributed by atoms with Crippen molar-refractivity contribution in [2.75, 3.05) is 5.32 Å². The van der Waals surface area contributed by atoms with E-state index in [9.17, 15) is 4.79 Å². The summed E-state index contributed by atoms with van der Waals surface area (Å²) < 4.78 is 6.27. The lowest BCUT2D eigenvalue weighted by molar-refractivity contribution is 0.0492. The first-order chi connectivity index (χ1) is 10.3. The van der Waals surface area contributed by atoms with E-state index in [2.05, 4.69) is 31.5 Å². The van der Waals surface area contributed by atoms with E-state index in [1.807, 2.05) is 32.9 Å². The lowest BCUT2D eigenvalue weighted by Crippen LogP contribution is -2.42. The first kappa shape index (κ1) is 17.1. The van der Waals surface area contributed by atoms with Crippen LogP contribution in [0.25, 0.3) is 0 Å². The van der Waals surface area contributed by atoms with Crippen molar-refractivity contribution >= 4 is 27.8 Å². The van der Waals surface area contributed by atoms with Crippen molar-refractivity contribution in [3.8, 4) is 0 Å². The Balaban J connectivity index is 1.73. The fraction of sp³-hybridized carbons (Fsp3) is 0.625. The second kappa shape index (κ2) is 7.31. The Morgan fingerprint density at radius 3 is 2.41 bits per heavy atom. The number of halogens is 1. The summed E-state index contributed by atoms with van der Waals surface area (Å²) in [6.07, 6.45) is 5.40. The molecule has 0 atom stereocenters. The number of hydrogen-bond donors (Lipinski definition) is 2. The summed E-state index contributed by atoms with van der Waals surface area (Å²) >= 11 is 3.38. The molecule has 22 heavy (non-hydrogen) atoms. The quantitative estimate of drug-likeness (QED) is 0.841. The number of anilines is 1. The predicted octanol–water partition coefficient (Wildman–Crippen LogP) is 4.09. The lowest BCUT2D eigenvalue weighted by atomic mass is 9.91. The summed E-state index contributed by atoms with van der Waals surface area (Å²) in [6, 6.07) is 4.55. The van der Waals surface area contributed by atoms with Crippen LogP contribution in [0.4, 0.5) is 10.6 Å². The van der Waals surface area contributed by atoms with Gasteiger partial charge in [0.1, 0.15) is 11.4 Å². The molecule has 0 radical (unpaired) electrons. The van der Waals surface area contributed by atoms with Gasteiger partial charge in [0.25, 0.3) is 0 Å². The maximum Gasteiger partial charge on any atom is 0.407 e. The van der Waals surface area contributed by atoms with Crippen molar-refractivity contribution in [2.45, 2.75) is 64.1 Å². The summed E-state index contributed by atoms with van der Waals surface area (Å²) in [5.41, 5.74) is -0.448. The Bertz CT molecular complexity index is 491. The standard InChI is InChI=1S/C16H24BrN3O2/c1-16(2,3)22-15(21)20-13-7-5-12(6-8-13)19-14-9-4-11(17)10-18-14/h4,9-10,12-13H,5-8H2,1-3H3,(H,18,19)(H,20,21). The van der Waals surface area contributed by atoms with E-state index in [4.69, 9.17) is 4.74 Å². The summed E-state index contributed by atoms with van der Waals surface area (Å²) in [4.78, 5) is 16.1. The van der Waals surface area contributed by atoms with Crippen LogP contribution in [0.3, 0.4) is 0 Å². The summed E-state index contributed by atoms with van der Waals surface area (Å²) in [5.74, 6) is 0.895. The molecule has 0 aromatic carbocycles. The molecule has 0 saturated heterocycles. The third-order valence-corrected chi connectivity index (χ3v) is 4.00. The minimum atomic E-state index is -0.448. The zero-order chi connectivity index (χ0) is 16.2. The fourth-order valence-corrected chi connectivity index (χ4v) is 2.76. The van der Waals surface area contributed by atoms with Crippen molar-refractivity contribution in [3.05, 3.63) is 22.8 Å². The van der Waals surface area contributed by atoms with E-state index in [0.29, 0.717) is 6.04 Å². The number of rotatable bonds is 3. The number of nitrogens with one attached hydrogen (secondary N) is 2. The number of nitrogens with zero attached hydrogens (tertiary/aromatic N) is 1. The number of ether oxygens (including phenoxy) is 1. The minimum absolute atomic E-state index is 0.200. The highest BCUT2D eigenvalue weighted by atomic mass is 79.9. The Morgan fingerprint density at radius 2 is 1.86 bits per heavy atom. The molecule has 0 aliphatic heterocycles. The monoisotopic (exact) mass is 369 g/mol. The van der Waals surface area contributed by atoms with Crippen LogP contribution in [0.15, 0.2) is 22.8 Å². The molecule has 2 N–H and O–H groups in total. The zero-order valence-corrected chi connectivity index (χ0v) is 14.9. The van der Waals surface area contributed by atoms with E-state index in [1.54, 1.807) is 6.20 Å². The SMILES string of the molecule is CC(C)(C)OC(=O)NC1CCC(Nc2ccc(Br)cn2)CC1. The van der Waals surface area contributed by atoms with Crippen molar-refractivity contribution in [3.63, 3.8) is 0 Å². The van der Waals surface area contributed by atoms with E-state index in [1.165, 1.54) is 0 Å². The van der Waals surface area contributed by atoms with Crippen LogP contribution in [0.1, 0.15) is 46.5 Å². The molecule has 1 amide bonds. The van der Waals surface area contributed by atoms with Crippen LogP contribution in [0.2, 0.25) is 0 Å². The molecule has 1 heterocycles. The van der Waals surface area contributed by atoms with E-state index in [-0.39, 0.29) is 12.1 Å². The second-order valence-electron chi connectivity index (χ2n) is 6.70. The van der Waals surface area contributed by atoms with Gasteiger partial charge in [-0.1, -0.05) is 0 Å². The molecular formula is C16H24BrN3O2. The lowest BCUT2D eigenvalue weighted by Gasteiger charge is -2.30. The number of carbonyl (C=O) groups is 1. The smallest absolute Gasteiger partial charge is 0.407 e. The van der Waals surface area contributed by atoms with Crippen molar-refractivity contribution in [2.24, 2.45) is 0 Å². The highest BCUT2D eigenvalue weighted by Gasteiger charge is 2.24. The molecule has 0 bridgehead atoms. The van der Waals surface area contributed by atoms with Gasteiger partial charge in [-0.25, -0.2) is 9.78 Å². The third-order valence-electron chi connectivity index (χ3n) is 3.53. The minimum Gasteiger partial charge on any atom is -0.444 e. The van der Waals surface area contributed by atoms with Gasteiger partial charge in [-0.05, 0) is 74.5 Å². The molecule has 2 rings (SSSR count). The number of carbonyl (C=O) groups excluding carboxylic acids is 1. The maximum atomic E-state index is 11.8. The first-order valence-electron chi connectivity index (χ1n) is 7.69. The molecule has 6 heteroatoms. The van der Waals surface area contributed by atoms with E-state index < -0.39 is 5.60 Å². The van der Waals surface area contributed by atoms with Crippen molar-refractivity contribution < 1.29 is 9.53 Å². The molecule has 0 spiro atoms. The Morgan fingerprint density at radius 1 is 1.23 bits per heavy atom. The third kappa shape index (κ3) is 5.83. The molecule has 1 fully saturated rings. The summed E-state index contributed by atoms with van der Waals surface area (Å²) in [6.45, 7) is 5.62. The van der Waals surface area contributed by atoms with Gasteiger partial charge < -0.3 is 15.4 Å². The highest BCUT2D eigenvalue weighted by molar-refractivity contribution is 9.10. The molecule has 1 aromatic heterocycles. The number of alkyl carbamates (subject to hydrolysis) is 1. The van der Waals surface area contributed by atoms with Gasteiger partial charge in [-0.2, -0.15) is 0 Å². The van der Waals surface area contributed by atoms with Gasteiger partial charge in [0.05, 0.1) is 0 Å². The van der Waals surface area contributed by atoms with Crippen LogP contribution < -0.4 is 10.6 Å². The first-order valence-corrected chi connectivity index (χ1v) is 8.49. The van der Waals surface area contributed by atoms with Crippen molar-refractivity contribution in [1.82, 2.24) is 10.3 Å². The molecule has 1 aliphatic rings. The second-order valence-corrected chi connectivity index (χ2v) is 7.62. The summed E-state index contributed by atoms with van der Waals surface area (Å²) in [7, 11) is 0. The topological polar surface area (TPSA) is 63.2 Å². The number of hydrogen-bond acceptors (Lipinski definition) is 4. The Labute approximate surface area is 140 Å². The van der Waals surface area contributed by atoms with E-state index >= 15 is 0 Å². The van der Waals surface area contributed by atoms with Gasteiger partial charge in [0.15, 0.2) is 0 Å². The number of amides is 1. The maximum absolute atomic E-state index is 11.8. The van der Waals surface area contributed by atoms with Crippen LogP contribution in [0.5, 0.6) is 0 Å². The van der Waals surface area contributed by atoms with E-state index in [0.717, 1.165) is 36.0 Å². The van der Waals surface area contributed by atoms with Gasteiger partial charge in [-0.15, -0.1) is 0 Å². The average Bonchev–Trinajstić information content (AvgIpc) is 2.41. The van der Waals surface area contributed by atoms with Crippen LogP contribution in [-0.2, 0) is 4.74 Å². The molecule has 5 nitrogen and oxygen atoms in total.